The van der Waals surface area contributed by atoms with Crippen molar-refractivity contribution in [1.82, 2.24) is 0 Å². The van der Waals surface area contributed by atoms with Crippen molar-refractivity contribution in [2.24, 2.45) is 17.8 Å². The molecule has 2 aliphatic carbocycles. The lowest BCUT2D eigenvalue weighted by Gasteiger charge is -2.13. The molecule has 1 heterocycles. The van der Waals surface area contributed by atoms with Crippen molar-refractivity contribution < 1.29 is 9.53 Å². The molecular weight excluding hydrogens is 128 g/mol. The highest BCUT2D eigenvalue weighted by atomic mass is 16.5. The molecule has 1 aliphatic heterocycles. The van der Waals surface area contributed by atoms with Gasteiger partial charge < -0.3 is 4.74 Å². The minimum atomic E-state index is 0.0312. The standard InChI is InChI=1S/C8H10O2/c9-7-4-1-5-3-10-8(7)6(5)2-4/h4-6,8H,1-3H2. The van der Waals surface area contributed by atoms with E-state index in [4.69, 9.17) is 4.74 Å². The average Bonchev–Trinajstić information content (AvgIpc) is 2.43. The summed E-state index contributed by atoms with van der Waals surface area (Å²) in [5.74, 6) is 2.16. The fourth-order valence-electron chi connectivity index (χ4n) is 2.83. The Hall–Kier alpha value is -0.370. The van der Waals surface area contributed by atoms with Gasteiger partial charge in [-0.05, 0) is 24.7 Å². The Morgan fingerprint density at radius 2 is 2.30 bits per heavy atom. The second-order valence-corrected chi connectivity index (χ2v) is 3.75. The largest absolute Gasteiger partial charge is 0.370 e. The summed E-state index contributed by atoms with van der Waals surface area (Å²) in [6.45, 7) is 0.859. The Balaban J connectivity index is 2.08. The zero-order chi connectivity index (χ0) is 6.72. The first kappa shape index (κ1) is 5.30. The maximum absolute atomic E-state index is 11.3. The van der Waals surface area contributed by atoms with Crippen LogP contribution in [-0.4, -0.2) is 18.5 Å². The van der Waals surface area contributed by atoms with Crippen LogP contribution in [0.3, 0.4) is 0 Å². The first-order valence-corrected chi connectivity index (χ1v) is 4.01. The van der Waals surface area contributed by atoms with Crippen molar-refractivity contribution in [3.05, 3.63) is 0 Å². The van der Waals surface area contributed by atoms with Crippen LogP contribution in [0.1, 0.15) is 12.8 Å². The first-order valence-electron chi connectivity index (χ1n) is 4.01. The Morgan fingerprint density at radius 1 is 1.40 bits per heavy atom. The smallest absolute Gasteiger partial charge is 0.164 e. The van der Waals surface area contributed by atoms with Crippen LogP contribution in [0, 0.1) is 17.8 Å². The number of ether oxygens (including phenoxy) is 1. The summed E-state index contributed by atoms with van der Waals surface area (Å²) in [6.07, 6.45) is 2.29. The number of carbonyl (C=O) groups excluding carboxylic acids is 1. The Morgan fingerprint density at radius 3 is 3.00 bits per heavy atom. The van der Waals surface area contributed by atoms with E-state index in [0.29, 0.717) is 17.6 Å². The van der Waals surface area contributed by atoms with Gasteiger partial charge in [0.05, 0.1) is 6.61 Å². The van der Waals surface area contributed by atoms with E-state index in [1.165, 1.54) is 0 Å². The summed E-state index contributed by atoms with van der Waals surface area (Å²) in [5.41, 5.74) is 0. The molecule has 0 aromatic carbocycles. The molecule has 0 spiro atoms. The lowest BCUT2D eigenvalue weighted by molar-refractivity contribution is -0.129. The third-order valence-electron chi connectivity index (χ3n) is 3.31. The van der Waals surface area contributed by atoms with Gasteiger partial charge in [-0.3, -0.25) is 4.79 Å². The Kier molecular flexibility index (Phi) is 0.768. The fourth-order valence-corrected chi connectivity index (χ4v) is 2.83. The van der Waals surface area contributed by atoms with Gasteiger partial charge in [0.15, 0.2) is 5.78 Å². The molecule has 3 fully saturated rings. The van der Waals surface area contributed by atoms with Gasteiger partial charge in [0, 0.05) is 5.92 Å². The molecule has 4 unspecified atom stereocenters. The minimum absolute atomic E-state index is 0.0312. The average molecular weight is 138 g/mol. The predicted molar refractivity (Wildman–Crippen MR) is 34.5 cm³/mol. The van der Waals surface area contributed by atoms with E-state index < -0.39 is 0 Å². The highest BCUT2D eigenvalue weighted by molar-refractivity contribution is 5.89. The summed E-state index contributed by atoms with van der Waals surface area (Å²) in [6, 6.07) is 0. The molecule has 0 radical (unpaired) electrons. The quantitative estimate of drug-likeness (QED) is 0.490. The third-order valence-corrected chi connectivity index (χ3v) is 3.31. The summed E-state index contributed by atoms with van der Waals surface area (Å²) in [5, 5.41) is 0. The van der Waals surface area contributed by atoms with Crippen LogP contribution >= 0.6 is 0 Å². The molecule has 0 amide bonds. The van der Waals surface area contributed by atoms with E-state index in [2.05, 4.69) is 0 Å². The molecular formula is C8H10O2. The second kappa shape index (κ2) is 1.45. The molecule has 3 rings (SSSR count). The van der Waals surface area contributed by atoms with Gasteiger partial charge in [0.2, 0.25) is 0 Å². The molecule has 0 N–H and O–H groups in total. The molecule has 1 saturated heterocycles. The zero-order valence-electron chi connectivity index (χ0n) is 5.75. The van der Waals surface area contributed by atoms with Crippen molar-refractivity contribution in [1.29, 1.82) is 0 Å². The van der Waals surface area contributed by atoms with Crippen molar-refractivity contribution >= 4 is 5.78 Å². The van der Waals surface area contributed by atoms with Gasteiger partial charge in [-0.25, -0.2) is 0 Å². The van der Waals surface area contributed by atoms with Gasteiger partial charge in [-0.15, -0.1) is 0 Å². The number of Topliss-reactive ketones (excluding diaryl/α,β-unsaturated/α-hetero) is 1. The fraction of sp³-hybridized carbons (Fsp3) is 0.875. The summed E-state index contributed by atoms with van der Waals surface area (Å²) >= 11 is 0. The molecule has 0 aromatic heterocycles. The zero-order valence-corrected chi connectivity index (χ0v) is 5.75. The monoisotopic (exact) mass is 138 g/mol. The molecule has 2 bridgehead atoms. The van der Waals surface area contributed by atoms with E-state index >= 15 is 0 Å². The van der Waals surface area contributed by atoms with Crippen LogP contribution in [0.5, 0.6) is 0 Å². The number of rotatable bonds is 0. The van der Waals surface area contributed by atoms with Gasteiger partial charge in [0.25, 0.3) is 0 Å². The molecule has 2 nitrogen and oxygen atoms in total. The van der Waals surface area contributed by atoms with Crippen LogP contribution in [0.2, 0.25) is 0 Å². The maximum Gasteiger partial charge on any atom is 0.164 e. The van der Waals surface area contributed by atoms with Crippen LogP contribution in [0.15, 0.2) is 0 Å². The highest BCUT2D eigenvalue weighted by Gasteiger charge is 2.56. The van der Waals surface area contributed by atoms with Crippen molar-refractivity contribution in [2.45, 2.75) is 18.9 Å². The van der Waals surface area contributed by atoms with Crippen LogP contribution < -0.4 is 0 Å². The number of carbonyl (C=O) groups is 1. The molecule has 2 heteroatoms. The topological polar surface area (TPSA) is 26.3 Å². The van der Waals surface area contributed by atoms with E-state index in [0.717, 1.165) is 25.4 Å². The molecule has 0 aromatic rings. The van der Waals surface area contributed by atoms with Gasteiger partial charge in [-0.2, -0.15) is 0 Å². The van der Waals surface area contributed by atoms with Crippen LogP contribution in [0.4, 0.5) is 0 Å². The van der Waals surface area contributed by atoms with E-state index in [1.54, 1.807) is 0 Å². The first-order chi connectivity index (χ1) is 4.86. The maximum atomic E-state index is 11.3. The van der Waals surface area contributed by atoms with E-state index in [1.807, 2.05) is 0 Å². The van der Waals surface area contributed by atoms with Gasteiger partial charge >= 0.3 is 0 Å². The lowest BCUT2D eigenvalue weighted by atomic mass is 9.90. The molecule has 2 saturated carbocycles. The van der Waals surface area contributed by atoms with E-state index in [-0.39, 0.29) is 6.10 Å². The second-order valence-electron chi connectivity index (χ2n) is 3.75. The number of ketones is 1. The summed E-state index contributed by atoms with van der Waals surface area (Å²) in [7, 11) is 0. The molecule has 3 aliphatic rings. The third kappa shape index (κ3) is 0.409. The molecule has 4 atom stereocenters. The normalized spacial score (nSPS) is 56.6. The summed E-state index contributed by atoms with van der Waals surface area (Å²) in [4.78, 5) is 11.3. The Labute approximate surface area is 59.6 Å². The SMILES string of the molecule is O=C1C2CC3COC1C3C2. The number of hydrogen-bond acceptors (Lipinski definition) is 2. The van der Waals surface area contributed by atoms with Crippen LogP contribution in [0.25, 0.3) is 0 Å². The minimum Gasteiger partial charge on any atom is -0.370 e. The van der Waals surface area contributed by atoms with E-state index in [9.17, 15) is 4.79 Å². The van der Waals surface area contributed by atoms with Crippen LogP contribution in [-0.2, 0) is 9.53 Å². The number of hydrogen-bond donors (Lipinski definition) is 0. The number of fused-ring (bicyclic) bond motifs is 1. The van der Waals surface area contributed by atoms with Crippen molar-refractivity contribution in [3.63, 3.8) is 0 Å². The summed E-state index contributed by atoms with van der Waals surface area (Å²) < 4.78 is 5.39. The lowest BCUT2D eigenvalue weighted by Crippen LogP contribution is -2.26. The van der Waals surface area contributed by atoms with Crippen molar-refractivity contribution in [2.75, 3.05) is 6.61 Å². The molecule has 10 heavy (non-hydrogen) atoms. The van der Waals surface area contributed by atoms with Gasteiger partial charge in [-0.1, -0.05) is 0 Å². The predicted octanol–water partition coefficient (Wildman–Crippen LogP) is 0.610. The highest BCUT2D eigenvalue weighted by Crippen LogP contribution is 2.51. The Bertz CT molecular complexity index is 197. The van der Waals surface area contributed by atoms with Crippen molar-refractivity contribution in [3.8, 4) is 0 Å². The molecule has 54 valence electrons. The van der Waals surface area contributed by atoms with Gasteiger partial charge in [0.1, 0.15) is 6.10 Å².